The molecule has 1 aliphatic carbocycles. The van der Waals surface area contributed by atoms with Crippen molar-refractivity contribution in [3.63, 3.8) is 0 Å². The fourth-order valence-electron chi connectivity index (χ4n) is 4.13. The molecule has 7 nitrogen and oxygen atoms in total. The van der Waals surface area contributed by atoms with Gasteiger partial charge in [0.1, 0.15) is 0 Å². The van der Waals surface area contributed by atoms with Crippen LogP contribution in [0, 0.1) is 11.8 Å². The number of hydrogen-bond acceptors (Lipinski definition) is 6. The summed E-state index contributed by atoms with van der Waals surface area (Å²) in [5, 5.41) is 30.7. The zero-order valence-corrected chi connectivity index (χ0v) is 20.0. The average molecular weight is 460 g/mol. The second-order valence-electron chi connectivity index (χ2n) is 8.48. The van der Waals surface area contributed by atoms with Gasteiger partial charge in [0.15, 0.2) is 0 Å². The van der Waals surface area contributed by atoms with E-state index in [0.717, 1.165) is 29.8 Å². The lowest BCUT2D eigenvalue weighted by Crippen LogP contribution is -2.35. The third-order valence-corrected chi connectivity index (χ3v) is 7.14. The number of carbonyl (C=O) groups excluding carboxylic acids is 1. The SMILES string of the molecule is CCCCC[C@H](O)/C=C/[C@@H]1[C@@H](C/C=C\CCCC(=O)N(CC)S(C)(=O)=O)[C@@H](O)C[C@H]1O. The molecule has 0 aromatic carbocycles. The monoisotopic (exact) mass is 459 g/mol. The Morgan fingerprint density at radius 1 is 1.13 bits per heavy atom. The maximum absolute atomic E-state index is 12.0. The molecule has 0 unspecified atom stereocenters. The van der Waals surface area contributed by atoms with Crippen LogP contribution in [0.3, 0.4) is 0 Å². The molecule has 0 radical (unpaired) electrons. The van der Waals surface area contributed by atoms with Crippen LogP contribution in [0.15, 0.2) is 24.3 Å². The molecule has 0 spiro atoms. The Kier molecular flexibility index (Phi) is 12.6. The summed E-state index contributed by atoms with van der Waals surface area (Å²) < 4.78 is 24.0. The zero-order valence-electron chi connectivity index (χ0n) is 19.2. The molecule has 0 bridgehead atoms. The maximum Gasteiger partial charge on any atom is 0.236 e. The Morgan fingerprint density at radius 3 is 2.45 bits per heavy atom. The molecule has 5 atom stereocenters. The molecule has 1 saturated carbocycles. The molecule has 180 valence electrons. The lowest BCUT2D eigenvalue weighted by molar-refractivity contribution is -0.126. The number of amides is 1. The molecule has 3 N–H and O–H groups in total. The van der Waals surface area contributed by atoms with Crippen LogP contribution in [0.2, 0.25) is 0 Å². The first kappa shape index (κ1) is 27.8. The largest absolute Gasteiger partial charge is 0.393 e. The molecule has 0 aliphatic heterocycles. The van der Waals surface area contributed by atoms with E-state index in [4.69, 9.17) is 0 Å². The van der Waals surface area contributed by atoms with Crippen molar-refractivity contribution in [2.45, 2.75) is 89.9 Å². The van der Waals surface area contributed by atoms with Gasteiger partial charge >= 0.3 is 0 Å². The molecule has 0 saturated heterocycles. The Balaban J connectivity index is 2.48. The average Bonchev–Trinajstić information content (AvgIpc) is 2.95. The van der Waals surface area contributed by atoms with Gasteiger partial charge in [-0.15, -0.1) is 0 Å². The summed E-state index contributed by atoms with van der Waals surface area (Å²) in [4.78, 5) is 12.0. The van der Waals surface area contributed by atoms with Gasteiger partial charge in [0.2, 0.25) is 15.9 Å². The summed E-state index contributed by atoms with van der Waals surface area (Å²) >= 11 is 0. The molecule has 1 fully saturated rings. The van der Waals surface area contributed by atoms with E-state index in [2.05, 4.69) is 6.92 Å². The predicted molar refractivity (Wildman–Crippen MR) is 123 cm³/mol. The van der Waals surface area contributed by atoms with E-state index in [1.54, 1.807) is 13.0 Å². The lowest BCUT2D eigenvalue weighted by Gasteiger charge is -2.19. The summed E-state index contributed by atoms with van der Waals surface area (Å²) in [7, 11) is -3.52. The van der Waals surface area contributed by atoms with Crippen molar-refractivity contribution in [2.24, 2.45) is 11.8 Å². The number of aliphatic hydroxyl groups excluding tert-OH is 3. The van der Waals surface area contributed by atoms with Crippen molar-refractivity contribution in [1.29, 1.82) is 0 Å². The minimum atomic E-state index is -3.52. The van der Waals surface area contributed by atoms with Crippen molar-refractivity contribution < 1.29 is 28.5 Å². The van der Waals surface area contributed by atoms with E-state index in [9.17, 15) is 28.5 Å². The van der Waals surface area contributed by atoms with E-state index in [1.165, 1.54) is 0 Å². The molecule has 0 heterocycles. The van der Waals surface area contributed by atoms with E-state index in [0.29, 0.717) is 32.1 Å². The fourth-order valence-corrected chi connectivity index (χ4v) is 5.06. The number of carbonyl (C=O) groups is 1. The van der Waals surface area contributed by atoms with Gasteiger partial charge in [0.25, 0.3) is 0 Å². The highest BCUT2D eigenvalue weighted by atomic mass is 32.2. The summed E-state index contributed by atoms with van der Waals surface area (Å²) in [6, 6.07) is 0. The first-order chi connectivity index (χ1) is 14.6. The third kappa shape index (κ3) is 9.85. The van der Waals surface area contributed by atoms with E-state index >= 15 is 0 Å². The first-order valence-electron chi connectivity index (χ1n) is 11.5. The van der Waals surface area contributed by atoms with Crippen molar-refractivity contribution in [2.75, 3.05) is 12.8 Å². The van der Waals surface area contributed by atoms with Crippen LogP contribution in [0.25, 0.3) is 0 Å². The minimum Gasteiger partial charge on any atom is -0.393 e. The van der Waals surface area contributed by atoms with Crippen LogP contribution in [0.4, 0.5) is 0 Å². The van der Waals surface area contributed by atoms with Crippen molar-refractivity contribution >= 4 is 15.9 Å². The highest BCUT2D eigenvalue weighted by Gasteiger charge is 2.39. The lowest BCUT2D eigenvalue weighted by atomic mass is 9.89. The number of nitrogens with zero attached hydrogens (tertiary/aromatic N) is 1. The fraction of sp³-hybridized carbons (Fsp3) is 0.783. The van der Waals surface area contributed by atoms with Gasteiger partial charge in [-0.1, -0.05) is 50.5 Å². The highest BCUT2D eigenvalue weighted by molar-refractivity contribution is 7.88. The highest BCUT2D eigenvalue weighted by Crippen LogP contribution is 2.36. The Labute approximate surface area is 187 Å². The molecular formula is C23H41NO6S. The van der Waals surface area contributed by atoms with E-state index in [1.807, 2.05) is 18.2 Å². The van der Waals surface area contributed by atoms with Crippen molar-refractivity contribution in [1.82, 2.24) is 4.31 Å². The zero-order chi connectivity index (χ0) is 23.4. The van der Waals surface area contributed by atoms with Gasteiger partial charge in [-0.05, 0) is 38.5 Å². The van der Waals surface area contributed by atoms with Gasteiger partial charge < -0.3 is 15.3 Å². The standard InChI is InChI=1S/C23H41NO6S/c1-4-6-9-12-18(25)15-16-20-19(21(26)17-22(20)27)13-10-7-8-11-14-23(28)24(5-2)31(3,29)30/h7,10,15-16,18-22,25-27H,4-6,8-9,11-14,17H2,1-3H3/b10-7-,16-15+/t18-,19+,20+,21-,22+/m0/s1. The van der Waals surface area contributed by atoms with Crippen molar-refractivity contribution in [3.05, 3.63) is 24.3 Å². The van der Waals surface area contributed by atoms with Gasteiger partial charge in [-0.25, -0.2) is 12.7 Å². The molecule has 31 heavy (non-hydrogen) atoms. The number of hydrogen-bond donors (Lipinski definition) is 3. The summed E-state index contributed by atoms with van der Waals surface area (Å²) in [6.07, 6.45) is 12.9. The summed E-state index contributed by atoms with van der Waals surface area (Å²) in [5.41, 5.74) is 0. The quantitative estimate of drug-likeness (QED) is 0.272. The number of sulfonamides is 1. The number of rotatable bonds is 14. The Morgan fingerprint density at radius 2 is 1.84 bits per heavy atom. The van der Waals surface area contributed by atoms with Crippen LogP contribution < -0.4 is 0 Å². The van der Waals surface area contributed by atoms with Gasteiger partial charge in [-0.3, -0.25) is 4.79 Å². The van der Waals surface area contributed by atoms with Crippen LogP contribution in [-0.4, -0.2) is 65.1 Å². The maximum atomic E-state index is 12.0. The van der Waals surface area contributed by atoms with Gasteiger partial charge in [0.05, 0.1) is 24.6 Å². The minimum absolute atomic E-state index is 0.118. The number of unbranched alkanes of at least 4 members (excludes halogenated alkanes) is 3. The number of aliphatic hydroxyl groups is 3. The second-order valence-corrected chi connectivity index (χ2v) is 10.4. The van der Waals surface area contributed by atoms with Crippen LogP contribution in [-0.2, 0) is 14.8 Å². The normalized spacial score (nSPS) is 25.5. The molecule has 1 amide bonds. The molecule has 0 aromatic heterocycles. The number of allylic oxidation sites excluding steroid dienone is 2. The molecular weight excluding hydrogens is 418 g/mol. The van der Waals surface area contributed by atoms with Crippen LogP contribution in [0.1, 0.15) is 71.6 Å². The van der Waals surface area contributed by atoms with Crippen molar-refractivity contribution in [3.8, 4) is 0 Å². The third-order valence-electron chi connectivity index (χ3n) is 5.88. The summed E-state index contributed by atoms with van der Waals surface area (Å²) in [6.45, 7) is 3.89. The molecule has 1 aliphatic rings. The molecule has 8 heteroatoms. The second kappa shape index (κ2) is 14.0. The Bertz CT molecular complexity index is 690. The van der Waals surface area contributed by atoms with Crippen LogP contribution in [0.5, 0.6) is 0 Å². The topological polar surface area (TPSA) is 115 Å². The smallest absolute Gasteiger partial charge is 0.236 e. The van der Waals surface area contributed by atoms with Gasteiger partial charge in [0, 0.05) is 25.3 Å². The van der Waals surface area contributed by atoms with Crippen LogP contribution >= 0.6 is 0 Å². The predicted octanol–water partition coefficient (Wildman–Crippen LogP) is 2.77. The van der Waals surface area contributed by atoms with E-state index in [-0.39, 0.29) is 24.8 Å². The molecule has 0 aromatic rings. The van der Waals surface area contributed by atoms with E-state index < -0.39 is 34.2 Å². The first-order valence-corrected chi connectivity index (χ1v) is 13.3. The van der Waals surface area contributed by atoms with Gasteiger partial charge in [-0.2, -0.15) is 0 Å². The summed E-state index contributed by atoms with van der Waals surface area (Å²) in [5.74, 6) is -0.710. The molecule has 1 rings (SSSR count). The Hall–Kier alpha value is -1.22.